The average molecular weight is 403 g/mol. The maximum absolute atomic E-state index is 6.36. The van der Waals surface area contributed by atoms with Crippen LogP contribution in [-0.2, 0) is 13.0 Å². The summed E-state index contributed by atoms with van der Waals surface area (Å²) >= 11 is 14.0. The highest BCUT2D eigenvalue weighted by atomic mass is 35.5. The van der Waals surface area contributed by atoms with Crippen LogP contribution < -0.4 is 5.32 Å². The predicted molar refractivity (Wildman–Crippen MR) is 110 cm³/mol. The summed E-state index contributed by atoms with van der Waals surface area (Å²) in [6.07, 6.45) is 4.27. The normalized spacial score (nSPS) is 11.2. The number of H-pyrrole nitrogens is 1. The van der Waals surface area contributed by atoms with Crippen molar-refractivity contribution in [3.8, 4) is 0 Å². The number of anilines is 1. The van der Waals surface area contributed by atoms with Crippen LogP contribution in [0.4, 0.5) is 5.13 Å². The van der Waals surface area contributed by atoms with Crippen LogP contribution in [0, 0.1) is 6.92 Å². The van der Waals surface area contributed by atoms with E-state index >= 15 is 0 Å². The van der Waals surface area contributed by atoms with Gasteiger partial charge in [0.1, 0.15) is 10.8 Å². The number of hydrogen-bond donors (Lipinski definition) is 2. The first-order valence-corrected chi connectivity index (χ1v) is 9.72. The van der Waals surface area contributed by atoms with E-state index in [1.165, 1.54) is 11.1 Å². The van der Waals surface area contributed by atoms with Crippen LogP contribution in [-0.4, -0.2) is 15.0 Å². The molecule has 0 bridgehead atoms. The highest BCUT2D eigenvalue weighted by Gasteiger charge is 2.13. The van der Waals surface area contributed by atoms with Crippen LogP contribution in [0.25, 0.3) is 11.0 Å². The molecule has 3 aromatic heterocycles. The average Bonchev–Trinajstić information content (AvgIpc) is 3.18. The van der Waals surface area contributed by atoms with E-state index in [1.54, 1.807) is 17.5 Å². The molecule has 0 radical (unpaired) electrons. The molecule has 0 atom stereocenters. The van der Waals surface area contributed by atoms with Gasteiger partial charge in [-0.1, -0.05) is 47.5 Å². The van der Waals surface area contributed by atoms with Crippen molar-refractivity contribution in [1.29, 1.82) is 0 Å². The summed E-state index contributed by atoms with van der Waals surface area (Å²) in [5, 5.41) is 6.36. The minimum atomic E-state index is 0.534. The third-order valence-electron chi connectivity index (χ3n) is 4.28. The van der Waals surface area contributed by atoms with E-state index in [9.17, 15) is 0 Å². The quantitative estimate of drug-likeness (QED) is 0.440. The van der Waals surface area contributed by atoms with Gasteiger partial charge < -0.3 is 10.3 Å². The van der Waals surface area contributed by atoms with Gasteiger partial charge in [-0.2, -0.15) is 0 Å². The number of aromatic nitrogens is 3. The Morgan fingerprint density at radius 2 is 2.04 bits per heavy atom. The molecule has 26 heavy (non-hydrogen) atoms. The second kappa shape index (κ2) is 7.27. The van der Waals surface area contributed by atoms with E-state index in [0.29, 0.717) is 16.6 Å². The molecule has 3 heterocycles. The summed E-state index contributed by atoms with van der Waals surface area (Å²) in [6.45, 7) is 2.83. The summed E-state index contributed by atoms with van der Waals surface area (Å²) in [4.78, 5) is 12.9. The Kier molecular flexibility index (Phi) is 4.85. The maximum Gasteiger partial charge on any atom is 0.184 e. The fourth-order valence-corrected chi connectivity index (χ4v) is 4.20. The molecule has 7 heteroatoms. The number of pyridine rings is 1. The fourth-order valence-electron chi connectivity index (χ4n) is 2.85. The number of rotatable bonds is 5. The van der Waals surface area contributed by atoms with Gasteiger partial charge >= 0.3 is 0 Å². The largest absolute Gasteiger partial charge is 0.357 e. The minimum absolute atomic E-state index is 0.534. The van der Waals surface area contributed by atoms with Crippen LogP contribution in [0.1, 0.15) is 21.6 Å². The minimum Gasteiger partial charge on any atom is -0.357 e. The van der Waals surface area contributed by atoms with Gasteiger partial charge in [0.2, 0.25) is 0 Å². The Morgan fingerprint density at radius 3 is 2.88 bits per heavy atom. The first-order valence-electron chi connectivity index (χ1n) is 8.15. The Hall–Kier alpha value is -2.08. The van der Waals surface area contributed by atoms with Crippen molar-refractivity contribution in [3.63, 3.8) is 0 Å². The number of fused-ring (bicyclic) bond motifs is 1. The summed E-state index contributed by atoms with van der Waals surface area (Å²) < 4.78 is 0. The van der Waals surface area contributed by atoms with Gasteiger partial charge in [0.05, 0.1) is 9.90 Å². The molecule has 0 spiro atoms. The standard InChI is InChI=1S/C19H16Cl2N4S/c1-11-4-2-3-5-12(11)8-24-19-25-17(21)16(26-19)6-13-9-22-18-15(13)7-14(20)10-23-18/h2-5,7,9-10H,6,8H2,1H3,(H,22,23)(H,24,25). The number of nitrogens with one attached hydrogen (secondary N) is 2. The fraction of sp³-hybridized carbons (Fsp3) is 0.158. The van der Waals surface area contributed by atoms with E-state index in [2.05, 4.69) is 39.3 Å². The van der Waals surface area contributed by atoms with Crippen LogP contribution >= 0.6 is 34.5 Å². The summed E-state index contributed by atoms with van der Waals surface area (Å²) in [5.74, 6) is 0. The van der Waals surface area contributed by atoms with Gasteiger partial charge in [-0.25, -0.2) is 9.97 Å². The molecule has 0 amide bonds. The molecule has 4 rings (SSSR count). The lowest BCUT2D eigenvalue weighted by Crippen LogP contribution is -2.00. The smallest absolute Gasteiger partial charge is 0.184 e. The molecule has 4 nitrogen and oxygen atoms in total. The molecule has 0 aliphatic rings. The molecule has 0 aliphatic heterocycles. The Labute approximate surface area is 165 Å². The van der Waals surface area contributed by atoms with E-state index in [0.717, 1.165) is 33.2 Å². The zero-order valence-corrected chi connectivity index (χ0v) is 16.3. The third kappa shape index (κ3) is 3.56. The summed E-state index contributed by atoms with van der Waals surface area (Å²) in [7, 11) is 0. The zero-order chi connectivity index (χ0) is 18.1. The molecular weight excluding hydrogens is 387 g/mol. The van der Waals surface area contributed by atoms with Gasteiger partial charge in [-0.05, 0) is 29.7 Å². The van der Waals surface area contributed by atoms with E-state index < -0.39 is 0 Å². The molecule has 0 saturated heterocycles. The lowest BCUT2D eigenvalue weighted by molar-refractivity contribution is 1.11. The van der Waals surface area contributed by atoms with Crippen molar-refractivity contribution < 1.29 is 0 Å². The lowest BCUT2D eigenvalue weighted by Gasteiger charge is -2.05. The number of nitrogens with zero attached hydrogens (tertiary/aromatic N) is 2. The van der Waals surface area contributed by atoms with Gasteiger partial charge in [0.15, 0.2) is 5.13 Å². The third-order valence-corrected chi connectivity index (χ3v) is 5.92. The molecule has 1 aromatic carbocycles. The molecule has 0 unspecified atom stereocenters. The van der Waals surface area contributed by atoms with E-state index in [1.807, 2.05) is 24.4 Å². The number of benzene rings is 1. The molecular formula is C19H16Cl2N4S. The van der Waals surface area contributed by atoms with Gasteiger partial charge in [-0.3, -0.25) is 0 Å². The van der Waals surface area contributed by atoms with Gasteiger partial charge in [-0.15, -0.1) is 11.3 Å². The second-order valence-corrected chi connectivity index (χ2v) is 7.93. The molecule has 132 valence electrons. The zero-order valence-electron chi connectivity index (χ0n) is 14.0. The first-order chi connectivity index (χ1) is 12.6. The van der Waals surface area contributed by atoms with Crippen LogP contribution in [0.2, 0.25) is 10.2 Å². The SMILES string of the molecule is Cc1ccccc1CNc1nc(Cl)c(Cc2c[nH]c3ncc(Cl)cc23)s1. The van der Waals surface area contributed by atoms with Crippen LogP contribution in [0.5, 0.6) is 0 Å². The number of aromatic amines is 1. The van der Waals surface area contributed by atoms with Gasteiger partial charge in [0, 0.05) is 30.7 Å². The van der Waals surface area contributed by atoms with E-state index in [-0.39, 0.29) is 0 Å². The molecule has 0 aliphatic carbocycles. The molecule has 0 saturated carbocycles. The summed E-state index contributed by atoms with van der Waals surface area (Å²) in [6, 6.07) is 10.2. The van der Waals surface area contributed by atoms with Crippen LogP contribution in [0.15, 0.2) is 42.7 Å². The lowest BCUT2D eigenvalue weighted by atomic mass is 10.1. The van der Waals surface area contributed by atoms with Crippen molar-refractivity contribution in [2.75, 3.05) is 5.32 Å². The van der Waals surface area contributed by atoms with Gasteiger partial charge in [0.25, 0.3) is 0 Å². The number of thiazole rings is 1. The highest BCUT2D eigenvalue weighted by Crippen LogP contribution is 2.31. The topological polar surface area (TPSA) is 53.6 Å². The van der Waals surface area contributed by atoms with Crippen molar-refractivity contribution in [2.24, 2.45) is 0 Å². The molecule has 2 N–H and O–H groups in total. The predicted octanol–water partition coefficient (Wildman–Crippen LogP) is 5.84. The first kappa shape index (κ1) is 17.3. The number of aryl methyl sites for hydroxylation is 1. The highest BCUT2D eigenvalue weighted by molar-refractivity contribution is 7.16. The van der Waals surface area contributed by atoms with Crippen molar-refractivity contribution in [2.45, 2.75) is 19.9 Å². The van der Waals surface area contributed by atoms with Crippen molar-refractivity contribution in [1.82, 2.24) is 15.0 Å². The molecule has 0 fully saturated rings. The van der Waals surface area contributed by atoms with Crippen molar-refractivity contribution >= 4 is 50.7 Å². The second-order valence-electron chi connectivity index (χ2n) is 6.05. The Morgan fingerprint density at radius 1 is 1.19 bits per heavy atom. The summed E-state index contributed by atoms with van der Waals surface area (Å²) in [5.41, 5.74) is 4.43. The Bertz CT molecular complexity index is 1070. The van der Waals surface area contributed by atoms with Crippen LogP contribution in [0.3, 0.4) is 0 Å². The molecule has 4 aromatic rings. The van der Waals surface area contributed by atoms with E-state index in [4.69, 9.17) is 23.2 Å². The number of hydrogen-bond acceptors (Lipinski definition) is 4. The Balaban J connectivity index is 1.53. The monoisotopic (exact) mass is 402 g/mol. The van der Waals surface area contributed by atoms with Crippen molar-refractivity contribution in [3.05, 3.63) is 74.5 Å². The maximum atomic E-state index is 6.36. The number of halogens is 2.